The van der Waals surface area contributed by atoms with E-state index in [1.54, 1.807) is 6.20 Å². The predicted molar refractivity (Wildman–Crippen MR) is 121 cm³/mol. The Hall–Kier alpha value is -2.61. The Morgan fingerprint density at radius 2 is 2.00 bits per heavy atom. The van der Waals surface area contributed by atoms with Crippen LogP contribution in [0, 0.1) is 6.92 Å². The van der Waals surface area contributed by atoms with Gasteiger partial charge in [0.15, 0.2) is 5.82 Å². The average Bonchev–Trinajstić information content (AvgIpc) is 2.76. The molecule has 0 aliphatic carbocycles. The normalized spacial score (nSPS) is 14.6. The van der Waals surface area contributed by atoms with Gasteiger partial charge in [0, 0.05) is 38.3 Å². The van der Waals surface area contributed by atoms with Crippen LogP contribution in [-0.2, 0) is 4.74 Å². The fraction of sp³-hybridized carbons (Fsp3) is 0.364. The lowest BCUT2D eigenvalue weighted by Crippen LogP contribution is -2.38. The van der Waals surface area contributed by atoms with E-state index in [-0.39, 0.29) is 0 Å². The summed E-state index contributed by atoms with van der Waals surface area (Å²) in [6.45, 7) is 6.97. The summed E-state index contributed by atoms with van der Waals surface area (Å²) >= 11 is 6.45. The first-order valence-corrected chi connectivity index (χ1v) is 10.5. The highest BCUT2D eigenvalue weighted by Crippen LogP contribution is 2.32. The first-order valence-electron chi connectivity index (χ1n) is 10.1. The highest BCUT2D eigenvalue weighted by atomic mass is 35.5. The van der Waals surface area contributed by atoms with Gasteiger partial charge in [-0.3, -0.25) is 4.90 Å². The van der Waals surface area contributed by atoms with Gasteiger partial charge in [0.2, 0.25) is 0 Å². The van der Waals surface area contributed by atoms with Crippen molar-refractivity contribution in [3.05, 3.63) is 47.1 Å². The van der Waals surface area contributed by atoms with E-state index >= 15 is 0 Å². The van der Waals surface area contributed by atoms with Crippen molar-refractivity contribution in [2.45, 2.75) is 6.92 Å². The number of nitrogens with zero attached hydrogens (tertiary/aromatic N) is 3. The van der Waals surface area contributed by atoms with Gasteiger partial charge in [0.1, 0.15) is 18.2 Å². The highest BCUT2D eigenvalue weighted by Gasteiger charge is 2.13. The lowest BCUT2D eigenvalue weighted by Gasteiger charge is -2.26. The fourth-order valence-electron chi connectivity index (χ4n) is 3.55. The lowest BCUT2D eigenvalue weighted by atomic mass is 10.2. The number of rotatable bonds is 7. The molecule has 7 nitrogen and oxygen atoms in total. The van der Waals surface area contributed by atoms with Crippen LogP contribution < -0.4 is 15.4 Å². The van der Waals surface area contributed by atoms with Gasteiger partial charge in [-0.15, -0.1) is 0 Å². The monoisotopic (exact) mass is 427 g/mol. The van der Waals surface area contributed by atoms with Crippen molar-refractivity contribution >= 4 is 39.8 Å². The van der Waals surface area contributed by atoms with Crippen LogP contribution in [0.5, 0.6) is 5.75 Å². The average molecular weight is 428 g/mol. The number of benzene rings is 1. The van der Waals surface area contributed by atoms with E-state index in [9.17, 15) is 0 Å². The fourth-order valence-corrected chi connectivity index (χ4v) is 3.76. The van der Waals surface area contributed by atoms with Crippen molar-refractivity contribution in [2.75, 3.05) is 57.1 Å². The summed E-state index contributed by atoms with van der Waals surface area (Å²) in [4.78, 5) is 11.5. The van der Waals surface area contributed by atoms with Crippen LogP contribution in [0.4, 0.5) is 17.3 Å². The van der Waals surface area contributed by atoms with Crippen LogP contribution in [-0.4, -0.2) is 61.4 Å². The van der Waals surface area contributed by atoms with Crippen molar-refractivity contribution in [3.8, 4) is 5.75 Å². The van der Waals surface area contributed by atoms with Gasteiger partial charge < -0.3 is 20.1 Å². The number of aryl methyl sites for hydroxylation is 1. The molecule has 3 aromatic rings. The molecule has 8 heteroatoms. The Balaban J connectivity index is 1.53. The summed E-state index contributed by atoms with van der Waals surface area (Å²) in [6, 6.07) is 9.59. The number of hydrogen-bond donors (Lipinski definition) is 2. The van der Waals surface area contributed by atoms with E-state index in [0.717, 1.165) is 61.1 Å². The topological polar surface area (TPSA) is 71.5 Å². The Labute approximate surface area is 181 Å². The summed E-state index contributed by atoms with van der Waals surface area (Å²) in [5.74, 6) is 2.18. The number of anilines is 3. The Morgan fingerprint density at radius 3 is 2.80 bits per heavy atom. The second kappa shape index (κ2) is 9.47. The van der Waals surface area contributed by atoms with E-state index in [1.807, 2.05) is 44.3 Å². The van der Waals surface area contributed by atoms with Gasteiger partial charge in [-0.1, -0.05) is 11.6 Å². The molecule has 4 rings (SSSR count). The molecular formula is C22H26ClN5O2. The number of aromatic nitrogens is 2. The Morgan fingerprint density at radius 1 is 1.17 bits per heavy atom. The third kappa shape index (κ3) is 4.59. The molecule has 1 aliphatic heterocycles. The third-order valence-electron chi connectivity index (χ3n) is 5.19. The molecule has 3 heterocycles. The maximum absolute atomic E-state index is 6.45. The summed E-state index contributed by atoms with van der Waals surface area (Å²) in [7, 11) is 1.88. The number of fused-ring (bicyclic) bond motifs is 1. The zero-order valence-electron chi connectivity index (χ0n) is 17.2. The molecule has 0 saturated carbocycles. The zero-order chi connectivity index (χ0) is 20.9. The van der Waals surface area contributed by atoms with Crippen LogP contribution in [0.2, 0.25) is 5.02 Å². The number of morpholine rings is 1. The summed E-state index contributed by atoms with van der Waals surface area (Å²) in [5, 5.41) is 7.94. The lowest BCUT2D eigenvalue weighted by molar-refractivity contribution is 0.0323. The minimum absolute atomic E-state index is 0.584. The molecule has 0 unspecified atom stereocenters. The van der Waals surface area contributed by atoms with Crippen molar-refractivity contribution in [2.24, 2.45) is 0 Å². The molecule has 2 aromatic heterocycles. The standard InChI is InChI=1S/C22H26ClN5O2/c1-15-7-8-25-22(20(15)24-2)27-19-6-3-16-18(5-4-17(23)21(16)26-19)30-14-11-28-9-12-29-13-10-28/h3-8,24H,9-14H2,1-2H3,(H,25,26,27). The van der Waals surface area contributed by atoms with Crippen LogP contribution in [0.15, 0.2) is 36.5 Å². The van der Waals surface area contributed by atoms with E-state index in [2.05, 4.69) is 20.5 Å². The Kier molecular flexibility index (Phi) is 6.52. The number of hydrogen-bond acceptors (Lipinski definition) is 7. The van der Waals surface area contributed by atoms with Crippen molar-refractivity contribution < 1.29 is 9.47 Å². The molecule has 1 aliphatic rings. The first kappa shape index (κ1) is 20.7. The van der Waals surface area contributed by atoms with E-state index in [0.29, 0.717) is 23.0 Å². The number of pyridine rings is 2. The van der Waals surface area contributed by atoms with Crippen LogP contribution >= 0.6 is 11.6 Å². The SMILES string of the molecule is CNc1c(C)ccnc1Nc1ccc2c(OCCN3CCOCC3)ccc(Cl)c2n1. The van der Waals surface area contributed by atoms with E-state index in [1.165, 1.54) is 0 Å². The molecule has 0 radical (unpaired) electrons. The smallest absolute Gasteiger partial charge is 0.155 e. The summed E-state index contributed by atoms with van der Waals surface area (Å²) in [5.41, 5.74) is 2.74. The molecule has 158 valence electrons. The third-order valence-corrected chi connectivity index (χ3v) is 5.50. The minimum Gasteiger partial charge on any atom is -0.492 e. The second-order valence-electron chi connectivity index (χ2n) is 7.17. The molecule has 0 bridgehead atoms. The van der Waals surface area contributed by atoms with Crippen LogP contribution in [0.25, 0.3) is 10.9 Å². The largest absolute Gasteiger partial charge is 0.492 e. The molecule has 1 aromatic carbocycles. The van der Waals surface area contributed by atoms with Gasteiger partial charge in [-0.05, 0) is 42.8 Å². The molecule has 0 atom stereocenters. The number of nitrogens with one attached hydrogen (secondary N) is 2. The van der Waals surface area contributed by atoms with Crippen LogP contribution in [0.3, 0.4) is 0 Å². The van der Waals surface area contributed by atoms with Gasteiger partial charge >= 0.3 is 0 Å². The predicted octanol–water partition coefficient (Wildman–Crippen LogP) is 4.09. The molecule has 0 amide bonds. The van der Waals surface area contributed by atoms with E-state index in [4.69, 9.17) is 26.1 Å². The van der Waals surface area contributed by atoms with Gasteiger partial charge in [-0.25, -0.2) is 9.97 Å². The van der Waals surface area contributed by atoms with Crippen molar-refractivity contribution in [1.82, 2.24) is 14.9 Å². The molecule has 1 saturated heterocycles. The quantitative estimate of drug-likeness (QED) is 0.588. The first-order chi connectivity index (χ1) is 14.7. The van der Waals surface area contributed by atoms with Crippen molar-refractivity contribution in [3.63, 3.8) is 0 Å². The number of halogens is 1. The molecular weight excluding hydrogens is 402 g/mol. The summed E-state index contributed by atoms with van der Waals surface area (Å²) in [6.07, 6.45) is 1.77. The van der Waals surface area contributed by atoms with Crippen LogP contribution in [0.1, 0.15) is 5.56 Å². The highest BCUT2D eigenvalue weighted by molar-refractivity contribution is 6.35. The second-order valence-corrected chi connectivity index (χ2v) is 7.57. The number of ether oxygens (including phenoxy) is 2. The molecule has 2 N–H and O–H groups in total. The molecule has 1 fully saturated rings. The Bertz CT molecular complexity index is 1020. The van der Waals surface area contributed by atoms with Gasteiger partial charge in [0.05, 0.1) is 29.4 Å². The zero-order valence-corrected chi connectivity index (χ0v) is 18.0. The minimum atomic E-state index is 0.584. The molecule has 0 spiro atoms. The van der Waals surface area contributed by atoms with Gasteiger partial charge in [0.25, 0.3) is 0 Å². The van der Waals surface area contributed by atoms with E-state index < -0.39 is 0 Å². The maximum Gasteiger partial charge on any atom is 0.155 e. The van der Waals surface area contributed by atoms with Gasteiger partial charge in [-0.2, -0.15) is 0 Å². The van der Waals surface area contributed by atoms with Crippen molar-refractivity contribution in [1.29, 1.82) is 0 Å². The maximum atomic E-state index is 6.45. The molecule has 30 heavy (non-hydrogen) atoms. The summed E-state index contributed by atoms with van der Waals surface area (Å²) < 4.78 is 11.5.